The summed E-state index contributed by atoms with van der Waals surface area (Å²) in [6.45, 7) is 2.38. The van der Waals surface area contributed by atoms with Crippen LogP contribution >= 0.6 is 0 Å². The molecule has 34 heavy (non-hydrogen) atoms. The second-order valence-corrected chi connectivity index (χ2v) is 8.97. The average Bonchev–Trinajstić information content (AvgIpc) is 3.34. The van der Waals surface area contributed by atoms with E-state index in [4.69, 9.17) is 4.74 Å². The zero-order valence-electron chi connectivity index (χ0n) is 18.9. The normalized spacial score (nSPS) is 21.5. The van der Waals surface area contributed by atoms with E-state index < -0.39 is 11.6 Å². The van der Waals surface area contributed by atoms with Crippen LogP contribution in [0.15, 0.2) is 54.6 Å². The van der Waals surface area contributed by atoms with Gasteiger partial charge in [0.2, 0.25) is 5.91 Å². The van der Waals surface area contributed by atoms with Gasteiger partial charge in [-0.05, 0) is 62.1 Å². The monoisotopic (exact) mass is 458 g/mol. The van der Waals surface area contributed by atoms with Gasteiger partial charge in [-0.15, -0.1) is 0 Å². The first-order valence-electron chi connectivity index (χ1n) is 11.4. The van der Waals surface area contributed by atoms with Crippen LogP contribution in [0.2, 0.25) is 0 Å². The van der Waals surface area contributed by atoms with Crippen LogP contribution in [-0.4, -0.2) is 28.4 Å². The van der Waals surface area contributed by atoms with Gasteiger partial charge < -0.3 is 15.4 Å². The minimum absolute atomic E-state index is 0.167. The predicted octanol–water partition coefficient (Wildman–Crippen LogP) is 3.83. The number of fused-ring (bicyclic) bond motifs is 1. The van der Waals surface area contributed by atoms with Gasteiger partial charge in [0.25, 0.3) is 5.91 Å². The van der Waals surface area contributed by atoms with E-state index in [9.17, 15) is 14.4 Å². The minimum Gasteiger partial charge on any atom is -0.489 e. The molecule has 1 aliphatic carbocycles. The number of carbonyl (C=O) groups excluding carboxylic acids is 3. The molecule has 0 radical (unpaired) electrons. The van der Waals surface area contributed by atoms with Crippen LogP contribution in [0.5, 0.6) is 5.75 Å². The Morgan fingerprint density at radius 3 is 2.74 bits per heavy atom. The highest BCUT2D eigenvalue weighted by atomic mass is 16.5. The second kappa shape index (κ2) is 8.78. The molecule has 174 valence electrons. The molecule has 8 nitrogen and oxygen atoms in total. The highest BCUT2D eigenvalue weighted by Crippen LogP contribution is 2.40. The van der Waals surface area contributed by atoms with Gasteiger partial charge in [0, 0.05) is 28.8 Å². The third kappa shape index (κ3) is 4.19. The summed E-state index contributed by atoms with van der Waals surface area (Å²) in [7, 11) is 0. The fourth-order valence-corrected chi connectivity index (χ4v) is 5.07. The number of hydrogen-bond donors (Lipinski definition) is 3. The van der Waals surface area contributed by atoms with Gasteiger partial charge in [0.1, 0.15) is 17.9 Å². The third-order valence-electron chi connectivity index (χ3n) is 6.68. The standard InChI is InChI=1S/C26H26N4O4/c1-16-13-17(21-6-2-3-7-22(21)27-16)15-34-20-10-8-19(9-11-20)28-23(31)14-18-5-4-12-26(18)24(32)29-25(33)30-26/h2-3,6-11,13,18H,4-5,12,14-15H2,1H3,(H,28,31)(H2,29,30,32,33). The van der Waals surface area contributed by atoms with Crippen molar-refractivity contribution in [3.63, 3.8) is 0 Å². The van der Waals surface area contributed by atoms with E-state index in [1.54, 1.807) is 12.1 Å². The highest BCUT2D eigenvalue weighted by molar-refractivity contribution is 6.07. The van der Waals surface area contributed by atoms with E-state index in [1.165, 1.54) is 0 Å². The molecule has 2 aliphatic rings. The molecule has 3 aromatic rings. The van der Waals surface area contributed by atoms with Crippen molar-refractivity contribution >= 4 is 34.4 Å². The molecule has 2 heterocycles. The maximum Gasteiger partial charge on any atom is 0.322 e. The molecule has 1 saturated heterocycles. The Balaban J connectivity index is 1.19. The number of aryl methyl sites for hydroxylation is 1. The number of aromatic nitrogens is 1. The van der Waals surface area contributed by atoms with E-state index >= 15 is 0 Å². The molecular formula is C26H26N4O4. The molecule has 0 bridgehead atoms. The average molecular weight is 459 g/mol. The van der Waals surface area contributed by atoms with Crippen molar-refractivity contribution in [3.05, 3.63) is 65.9 Å². The van der Waals surface area contributed by atoms with Crippen LogP contribution < -0.4 is 20.7 Å². The number of hydrogen-bond acceptors (Lipinski definition) is 5. The van der Waals surface area contributed by atoms with E-state index in [-0.39, 0.29) is 24.2 Å². The van der Waals surface area contributed by atoms with Gasteiger partial charge in [0.05, 0.1) is 5.52 Å². The smallest absolute Gasteiger partial charge is 0.322 e. The number of nitrogens with zero attached hydrogens (tertiary/aromatic N) is 1. The Morgan fingerprint density at radius 1 is 1.18 bits per heavy atom. The lowest BCUT2D eigenvalue weighted by Crippen LogP contribution is -2.50. The Kier molecular flexibility index (Phi) is 5.65. The molecular weight excluding hydrogens is 432 g/mol. The van der Waals surface area contributed by atoms with E-state index in [0.717, 1.165) is 35.0 Å². The van der Waals surface area contributed by atoms with Crippen LogP contribution in [-0.2, 0) is 16.2 Å². The van der Waals surface area contributed by atoms with Gasteiger partial charge in [-0.25, -0.2) is 4.79 Å². The first-order chi connectivity index (χ1) is 16.4. The summed E-state index contributed by atoms with van der Waals surface area (Å²) < 4.78 is 5.98. The van der Waals surface area contributed by atoms with Crippen molar-refractivity contribution in [1.82, 2.24) is 15.6 Å². The first-order valence-corrected chi connectivity index (χ1v) is 11.4. The summed E-state index contributed by atoms with van der Waals surface area (Å²) in [5.74, 6) is -0.0454. The van der Waals surface area contributed by atoms with Crippen LogP contribution in [0.4, 0.5) is 10.5 Å². The van der Waals surface area contributed by atoms with Gasteiger partial charge >= 0.3 is 6.03 Å². The maximum atomic E-state index is 12.7. The van der Waals surface area contributed by atoms with E-state index in [0.29, 0.717) is 24.5 Å². The topological polar surface area (TPSA) is 109 Å². The van der Waals surface area contributed by atoms with Gasteiger partial charge in [-0.3, -0.25) is 19.9 Å². The van der Waals surface area contributed by atoms with Crippen molar-refractivity contribution in [2.45, 2.75) is 44.8 Å². The second-order valence-electron chi connectivity index (χ2n) is 8.97. The van der Waals surface area contributed by atoms with Crippen LogP contribution in [0, 0.1) is 12.8 Å². The third-order valence-corrected chi connectivity index (χ3v) is 6.68. The summed E-state index contributed by atoms with van der Waals surface area (Å²) in [5.41, 5.74) is 2.64. The first kappa shape index (κ1) is 21.9. The van der Waals surface area contributed by atoms with Crippen LogP contribution in [0.3, 0.4) is 0 Å². The summed E-state index contributed by atoms with van der Waals surface area (Å²) in [5, 5.41) is 9.01. The number of ether oxygens (including phenoxy) is 1. The van der Waals surface area contributed by atoms with Crippen molar-refractivity contribution < 1.29 is 19.1 Å². The van der Waals surface area contributed by atoms with E-state index in [1.807, 2.05) is 49.4 Å². The number of pyridine rings is 1. The summed E-state index contributed by atoms with van der Waals surface area (Å²) >= 11 is 0. The SMILES string of the molecule is Cc1cc(COc2ccc(NC(=O)CC3CCCC34NC(=O)NC4=O)cc2)c2ccccc2n1. The summed E-state index contributed by atoms with van der Waals surface area (Å²) in [6.07, 6.45) is 2.24. The molecule has 2 unspecified atom stereocenters. The van der Waals surface area contributed by atoms with E-state index in [2.05, 4.69) is 20.9 Å². The molecule has 1 aliphatic heterocycles. The number of para-hydroxylation sites is 1. The Bertz CT molecular complexity index is 1270. The molecule has 1 aromatic heterocycles. The molecule has 4 amide bonds. The Morgan fingerprint density at radius 2 is 1.97 bits per heavy atom. The number of urea groups is 1. The Labute approximate surface area is 197 Å². The lowest BCUT2D eigenvalue weighted by atomic mass is 9.84. The molecule has 1 spiro atoms. The summed E-state index contributed by atoms with van der Waals surface area (Å²) in [6, 6.07) is 16.7. The number of nitrogens with one attached hydrogen (secondary N) is 3. The van der Waals surface area contributed by atoms with Crippen LogP contribution in [0.1, 0.15) is 36.9 Å². The number of amides is 4. The lowest BCUT2D eigenvalue weighted by molar-refractivity contribution is -0.126. The van der Waals surface area contributed by atoms with Crippen molar-refractivity contribution in [1.29, 1.82) is 0 Å². The van der Waals surface area contributed by atoms with Crippen molar-refractivity contribution in [2.24, 2.45) is 5.92 Å². The number of carbonyl (C=O) groups is 3. The predicted molar refractivity (Wildman–Crippen MR) is 127 cm³/mol. The number of imide groups is 1. The van der Waals surface area contributed by atoms with Crippen molar-refractivity contribution in [2.75, 3.05) is 5.32 Å². The van der Waals surface area contributed by atoms with Crippen LogP contribution in [0.25, 0.3) is 10.9 Å². The molecule has 2 fully saturated rings. The zero-order chi connectivity index (χ0) is 23.7. The molecule has 3 N–H and O–H groups in total. The summed E-state index contributed by atoms with van der Waals surface area (Å²) in [4.78, 5) is 41.2. The van der Waals surface area contributed by atoms with Gasteiger partial charge in [0.15, 0.2) is 0 Å². The van der Waals surface area contributed by atoms with Gasteiger partial charge in [-0.2, -0.15) is 0 Å². The Hall–Kier alpha value is -3.94. The molecule has 8 heteroatoms. The van der Waals surface area contributed by atoms with Crippen molar-refractivity contribution in [3.8, 4) is 5.75 Å². The fourth-order valence-electron chi connectivity index (χ4n) is 5.07. The molecule has 1 saturated carbocycles. The number of anilines is 1. The molecule has 5 rings (SSSR count). The maximum absolute atomic E-state index is 12.7. The number of benzene rings is 2. The number of rotatable bonds is 6. The quantitative estimate of drug-likeness (QED) is 0.487. The minimum atomic E-state index is -0.957. The fraction of sp³-hybridized carbons (Fsp3) is 0.308. The zero-order valence-corrected chi connectivity index (χ0v) is 18.9. The molecule has 2 aromatic carbocycles. The lowest BCUT2D eigenvalue weighted by Gasteiger charge is -2.27. The highest BCUT2D eigenvalue weighted by Gasteiger charge is 2.54. The largest absolute Gasteiger partial charge is 0.489 e. The molecule has 2 atom stereocenters. The van der Waals surface area contributed by atoms with Gasteiger partial charge in [-0.1, -0.05) is 24.6 Å².